The second-order valence-corrected chi connectivity index (χ2v) is 5.61. The lowest BCUT2D eigenvalue weighted by Crippen LogP contribution is -2.47. The fourth-order valence-electron chi connectivity index (χ4n) is 3.36. The van der Waals surface area contributed by atoms with Crippen LogP contribution in [0, 0.1) is 5.92 Å². The molecule has 4 heteroatoms. The van der Waals surface area contributed by atoms with Gasteiger partial charge in [-0.25, -0.2) is 0 Å². The number of benzene rings is 1. The maximum Gasteiger partial charge on any atom is 0.251 e. The van der Waals surface area contributed by atoms with Crippen molar-refractivity contribution in [3.8, 4) is 0 Å². The molecule has 4 nitrogen and oxygen atoms in total. The number of piperidine rings is 1. The molecule has 1 amide bonds. The Morgan fingerprint density at radius 2 is 2.26 bits per heavy atom. The molecule has 0 spiro atoms. The minimum atomic E-state index is -0.00218. The minimum Gasteiger partial charge on any atom is -0.464 e. The first-order chi connectivity index (χ1) is 9.29. The highest BCUT2D eigenvalue weighted by atomic mass is 16.3. The van der Waals surface area contributed by atoms with Crippen molar-refractivity contribution in [1.82, 2.24) is 10.6 Å². The van der Waals surface area contributed by atoms with E-state index in [1.807, 2.05) is 24.3 Å². The molecular weight excluding hydrogens is 240 g/mol. The lowest BCUT2D eigenvalue weighted by molar-refractivity contribution is 0.0928. The summed E-state index contributed by atoms with van der Waals surface area (Å²) in [4.78, 5) is 12.3. The molecular formula is C15H16N2O2. The van der Waals surface area contributed by atoms with Crippen LogP contribution in [-0.4, -0.2) is 24.5 Å². The van der Waals surface area contributed by atoms with Gasteiger partial charge in [0.15, 0.2) is 0 Å². The molecule has 0 unspecified atom stereocenters. The molecule has 1 aromatic heterocycles. The summed E-state index contributed by atoms with van der Waals surface area (Å²) in [5.74, 6) is 0.737. The van der Waals surface area contributed by atoms with Gasteiger partial charge in [0.25, 0.3) is 5.91 Å². The summed E-state index contributed by atoms with van der Waals surface area (Å²) in [6.45, 7) is 1.11. The van der Waals surface area contributed by atoms with E-state index in [2.05, 4.69) is 10.6 Å². The van der Waals surface area contributed by atoms with E-state index in [4.69, 9.17) is 4.42 Å². The average molecular weight is 256 g/mol. The van der Waals surface area contributed by atoms with Crippen molar-refractivity contribution < 1.29 is 9.21 Å². The van der Waals surface area contributed by atoms with E-state index in [1.165, 1.54) is 6.42 Å². The van der Waals surface area contributed by atoms with E-state index in [-0.39, 0.29) is 11.9 Å². The molecule has 1 aromatic carbocycles. The number of furan rings is 1. The number of carbonyl (C=O) groups excluding carboxylic acids is 1. The Kier molecular flexibility index (Phi) is 2.38. The van der Waals surface area contributed by atoms with E-state index in [9.17, 15) is 4.79 Å². The van der Waals surface area contributed by atoms with E-state index in [1.54, 1.807) is 6.26 Å². The zero-order valence-electron chi connectivity index (χ0n) is 10.6. The van der Waals surface area contributed by atoms with E-state index in [0.29, 0.717) is 11.6 Å². The lowest BCUT2D eigenvalue weighted by atomic mass is 10.1. The molecule has 98 valence electrons. The molecule has 1 saturated heterocycles. The zero-order chi connectivity index (χ0) is 12.8. The number of fused-ring (bicyclic) bond motifs is 3. The fourth-order valence-corrected chi connectivity index (χ4v) is 3.36. The summed E-state index contributed by atoms with van der Waals surface area (Å²) < 4.78 is 5.34. The molecule has 2 bridgehead atoms. The highest BCUT2D eigenvalue weighted by Crippen LogP contribution is 2.31. The van der Waals surface area contributed by atoms with Crippen LogP contribution < -0.4 is 10.6 Å². The average Bonchev–Trinajstić information content (AvgIpc) is 3.13. The van der Waals surface area contributed by atoms with Gasteiger partial charge >= 0.3 is 0 Å². The van der Waals surface area contributed by atoms with Gasteiger partial charge in [0.2, 0.25) is 0 Å². The SMILES string of the molecule is O=C(N[C@H]1C[C@H]2CN[C@H]1C2)c1ccc2ccoc2c1. The summed E-state index contributed by atoms with van der Waals surface area (Å²) in [5, 5.41) is 7.62. The number of nitrogens with one attached hydrogen (secondary N) is 2. The van der Waals surface area contributed by atoms with Crippen molar-refractivity contribution in [3.05, 3.63) is 36.1 Å². The normalized spacial score (nSPS) is 28.9. The standard InChI is InChI=1S/C15H16N2O2/c18-15(17-13-6-9-5-12(13)16-8-9)11-2-1-10-3-4-19-14(10)7-11/h1-4,7,9,12-13,16H,5-6,8H2,(H,17,18)/t9-,12-,13-/m0/s1. The Morgan fingerprint density at radius 3 is 3.05 bits per heavy atom. The van der Waals surface area contributed by atoms with Crippen molar-refractivity contribution in [1.29, 1.82) is 0 Å². The smallest absolute Gasteiger partial charge is 0.251 e. The van der Waals surface area contributed by atoms with Crippen LogP contribution in [0.1, 0.15) is 23.2 Å². The quantitative estimate of drug-likeness (QED) is 0.863. The Hall–Kier alpha value is -1.81. The number of rotatable bonds is 2. The van der Waals surface area contributed by atoms with Crippen LogP contribution >= 0.6 is 0 Å². The molecule has 1 aliphatic heterocycles. The lowest BCUT2D eigenvalue weighted by Gasteiger charge is -2.23. The summed E-state index contributed by atoms with van der Waals surface area (Å²) in [7, 11) is 0. The zero-order valence-corrected chi connectivity index (χ0v) is 10.6. The van der Waals surface area contributed by atoms with Crippen molar-refractivity contribution >= 4 is 16.9 Å². The van der Waals surface area contributed by atoms with E-state index in [0.717, 1.165) is 29.9 Å². The number of hydrogen-bond acceptors (Lipinski definition) is 3. The predicted octanol–water partition coefficient (Wildman–Crippen LogP) is 1.91. The molecule has 1 saturated carbocycles. The molecule has 3 atom stereocenters. The Labute approximate surface area is 111 Å². The van der Waals surface area contributed by atoms with Crippen molar-refractivity contribution in [2.24, 2.45) is 5.92 Å². The monoisotopic (exact) mass is 256 g/mol. The second kappa shape index (κ2) is 4.10. The summed E-state index contributed by atoms with van der Waals surface area (Å²) >= 11 is 0. The van der Waals surface area contributed by atoms with E-state index >= 15 is 0 Å². The van der Waals surface area contributed by atoms with Gasteiger partial charge < -0.3 is 15.1 Å². The van der Waals surface area contributed by atoms with Gasteiger partial charge in [0.1, 0.15) is 5.58 Å². The van der Waals surface area contributed by atoms with Crippen LogP contribution in [0.3, 0.4) is 0 Å². The van der Waals surface area contributed by atoms with Crippen molar-refractivity contribution in [2.45, 2.75) is 24.9 Å². The minimum absolute atomic E-state index is 0.00218. The van der Waals surface area contributed by atoms with Crippen LogP contribution in [0.5, 0.6) is 0 Å². The molecule has 2 fully saturated rings. The van der Waals surface area contributed by atoms with Crippen LogP contribution in [0.15, 0.2) is 34.9 Å². The Balaban J connectivity index is 1.53. The molecule has 2 aromatic rings. The third-order valence-electron chi connectivity index (χ3n) is 4.36. The third kappa shape index (κ3) is 1.83. The topological polar surface area (TPSA) is 54.3 Å². The van der Waals surface area contributed by atoms with Gasteiger partial charge in [-0.05, 0) is 43.5 Å². The summed E-state index contributed by atoms with van der Waals surface area (Å²) in [5.41, 5.74) is 1.43. The first kappa shape index (κ1) is 11.1. The molecule has 2 N–H and O–H groups in total. The van der Waals surface area contributed by atoms with Gasteiger partial charge in [-0.3, -0.25) is 4.79 Å². The first-order valence-electron chi connectivity index (χ1n) is 6.81. The Bertz CT molecular complexity index is 634. The summed E-state index contributed by atoms with van der Waals surface area (Å²) in [6, 6.07) is 8.22. The van der Waals surface area contributed by atoms with Crippen molar-refractivity contribution in [2.75, 3.05) is 6.54 Å². The predicted molar refractivity (Wildman–Crippen MR) is 72.0 cm³/mol. The third-order valence-corrected chi connectivity index (χ3v) is 4.36. The second-order valence-electron chi connectivity index (χ2n) is 5.61. The van der Waals surface area contributed by atoms with Gasteiger partial charge in [-0.2, -0.15) is 0 Å². The fraction of sp³-hybridized carbons (Fsp3) is 0.400. The molecule has 4 rings (SSSR count). The van der Waals surface area contributed by atoms with Gasteiger partial charge in [-0.15, -0.1) is 0 Å². The maximum absolute atomic E-state index is 12.3. The number of amides is 1. The van der Waals surface area contributed by atoms with Crippen LogP contribution in [0.2, 0.25) is 0 Å². The largest absolute Gasteiger partial charge is 0.464 e. The maximum atomic E-state index is 12.3. The Morgan fingerprint density at radius 1 is 1.32 bits per heavy atom. The molecule has 0 radical (unpaired) electrons. The highest BCUT2D eigenvalue weighted by Gasteiger charge is 2.40. The number of hydrogen-bond donors (Lipinski definition) is 2. The molecule has 1 aliphatic carbocycles. The highest BCUT2D eigenvalue weighted by molar-refractivity contribution is 5.97. The van der Waals surface area contributed by atoms with Crippen molar-refractivity contribution in [3.63, 3.8) is 0 Å². The number of carbonyl (C=O) groups is 1. The van der Waals surface area contributed by atoms with E-state index < -0.39 is 0 Å². The molecule has 2 aliphatic rings. The molecule has 19 heavy (non-hydrogen) atoms. The van der Waals surface area contributed by atoms with Crippen LogP contribution in [0.4, 0.5) is 0 Å². The molecule has 2 heterocycles. The van der Waals surface area contributed by atoms with Gasteiger partial charge in [0, 0.05) is 23.0 Å². The van der Waals surface area contributed by atoms with Gasteiger partial charge in [0.05, 0.1) is 6.26 Å². The first-order valence-corrected chi connectivity index (χ1v) is 6.81. The summed E-state index contributed by atoms with van der Waals surface area (Å²) in [6.07, 6.45) is 3.95. The van der Waals surface area contributed by atoms with Crippen LogP contribution in [0.25, 0.3) is 11.0 Å². The van der Waals surface area contributed by atoms with Gasteiger partial charge in [-0.1, -0.05) is 6.07 Å². The van der Waals surface area contributed by atoms with Crippen LogP contribution in [-0.2, 0) is 0 Å².